The average Bonchev–Trinajstić information content (AvgIpc) is 3.02. The number of benzene rings is 2. The second kappa shape index (κ2) is 7.66. The molecule has 4 heteroatoms. The number of para-hydroxylation sites is 2. The first-order chi connectivity index (χ1) is 13.5. The number of hydrogen-bond donors (Lipinski definition) is 1. The lowest BCUT2D eigenvalue weighted by Gasteiger charge is -2.27. The van der Waals surface area contributed by atoms with Gasteiger partial charge in [-0.1, -0.05) is 77.9 Å². The summed E-state index contributed by atoms with van der Waals surface area (Å²) in [6.45, 7) is 13.2. The number of anilines is 2. The van der Waals surface area contributed by atoms with Crippen molar-refractivity contribution in [2.24, 2.45) is 5.92 Å². The van der Waals surface area contributed by atoms with Crippen molar-refractivity contribution >= 4 is 23.2 Å². The summed E-state index contributed by atoms with van der Waals surface area (Å²) in [5.41, 5.74) is 3.79. The maximum Gasteiger partial charge on any atom is 0.229 e. The summed E-state index contributed by atoms with van der Waals surface area (Å²) in [5, 5.41) is 3.08. The molecule has 1 aliphatic heterocycles. The maximum absolute atomic E-state index is 13.0. The molecule has 1 heterocycles. The van der Waals surface area contributed by atoms with E-state index in [1.807, 2.05) is 42.5 Å². The van der Waals surface area contributed by atoms with Gasteiger partial charge in [0.1, 0.15) is 0 Å². The molecule has 0 radical (unpaired) electrons. The highest BCUT2D eigenvalue weighted by molar-refractivity contribution is 6.04. The van der Waals surface area contributed by atoms with E-state index in [-0.39, 0.29) is 35.0 Å². The summed E-state index contributed by atoms with van der Waals surface area (Å²) in [6, 6.07) is 15.9. The van der Waals surface area contributed by atoms with E-state index in [0.717, 1.165) is 22.5 Å². The molecular weight excluding hydrogens is 360 g/mol. The van der Waals surface area contributed by atoms with E-state index < -0.39 is 0 Å². The number of amides is 2. The molecule has 1 aliphatic rings. The molecule has 0 spiro atoms. The normalized spacial score (nSPS) is 17.5. The highest BCUT2D eigenvalue weighted by atomic mass is 16.2. The van der Waals surface area contributed by atoms with Gasteiger partial charge in [0.25, 0.3) is 0 Å². The number of carbonyl (C=O) groups excluding carboxylic acids is 2. The summed E-state index contributed by atoms with van der Waals surface area (Å²) in [6.07, 6.45) is 0.238. The Morgan fingerprint density at radius 1 is 0.897 bits per heavy atom. The van der Waals surface area contributed by atoms with Gasteiger partial charge >= 0.3 is 0 Å². The molecule has 29 heavy (non-hydrogen) atoms. The molecule has 0 aliphatic carbocycles. The van der Waals surface area contributed by atoms with Crippen LogP contribution in [-0.2, 0) is 20.4 Å². The first kappa shape index (κ1) is 21.1. The molecule has 0 bridgehead atoms. The second-order valence-corrected chi connectivity index (χ2v) is 9.96. The van der Waals surface area contributed by atoms with Gasteiger partial charge in [0.05, 0.1) is 5.92 Å². The molecule has 2 aromatic carbocycles. The summed E-state index contributed by atoms with van der Waals surface area (Å²) >= 11 is 0. The third kappa shape index (κ3) is 4.52. The topological polar surface area (TPSA) is 49.4 Å². The van der Waals surface area contributed by atoms with E-state index in [9.17, 15) is 9.59 Å². The van der Waals surface area contributed by atoms with Gasteiger partial charge < -0.3 is 10.2 Å². The SMILES string of the molecule is CC(C)(C)c1ccccc1NC(=O)C1CC(=O)N(c2ccccc2C(C)(C)C)C1. The summed E-state index contributed by atoms with van der Waals surface area (Å²) in [4.78, 5) is 27.6. The Morgan fingerprint density at radius 2 is 1.45 bits per heavy atom. The first-order valence-corrected chi connectivity index (χ1v) is 10.3. The van der Waals surface area contributed by atoms with E-state index in [1.54, 1.807) is 4.90 Å². The van der Waals surface area contributed by atoms with Gasteiger partial charge in [-0.15, -0.1) is 0 Å². The molecule has 3 rings (SSSR count). The molecule has 0 saturated carbocycles. The monoisotopic (exact) mass is 392 g/mol. The quantitative estimate of drug-likeness (QED) is 0.773. The lowest BCUT2D eigenvalue weighted by molar-refractivity contribution is -0.122. The van der Waals surface area contributed by atoms with E-state index in [1.165, 1.54) is 0 Å². The van der Waals surface area contributed by atoms with Crippen LogP contribution in [0.3, 0.4) is 0 Å². The zero-order chi connectivity index (χ0) is 21.4. The Hall–Kier alpha value is -2.62. The van der Waals surface area contributed by atoms with Crippen LogP contribution in [-0.4, -0.2) is 18.4 Å². The minimum absolute atomic E-state index is 0.00552. The molecule has 2 aromatic rings. The van der Waals surface area contributed by atoms with Crippen molar-refractivity contribution in [3.05, 3.63) is 59.7 Å². The zero-order valence-electron chi connectivity index (χ0n) is 18.4. The van der Waals surface area contributed by atoms with Gasteiger partial charge in [0, 0.05) is 24.3 Å². The fraction of sp³-hybridized carbons (Fsp3) is 0.440. The van der Waals surface area contributed by atoms with Gasteiger partial charge in [0.15, 0.2) is 0 Å². The molecule has 1 N–H and O–H groups in total. The van der Waals surface area contributed by atoms with Gasteiger partial charge in [-0.25, -0.2) is 0 Å². The van der Waals surface area contributed by atoms with Crippen LogP contribution < -0.4 is 10.2 Å². The van der Waals surface area contributed by atoms with E-state index >= 15 is 0 Å². The Kier molecular flexibility index (Phi) is 5.57. The third-order valence-corrected chi connectivity index (χ3v) is 5.49. The molecule has 1 unspecified atom stereocenters. The standard InChI is InChI=1S/C25H32N2O2/c1-24(2,3)18-11-7-9-13-20(18)26-23(29)17-15-22(28)27(16-17)21-14-10-8-12-19(21)25(4,5)6/h7-14,17H,15-16H2,1-6H3,(H,26,29). The van der Waals surface area contributed by atoms with Crippen LogP contribution in [0.15, 0.2) is 48.5 Å². The highest BCUT2D eigenvalue weighted by Crippen LogP contribution is 2.36. The Labute approximate surface area is 174 Å². The average molecular weight is 393 g/mol. The number of nitrogens with zero attached hydrogens (tertiary/aromatic N) is 1. The molecule has 2 amide bonds. The lowest BCUT2D eigenvalue weighted by Crippen LogP contribution is -2.30. The minimum atomic E-state index is -0.358. The van der Waals surface area contributed by atoms with Crippen LogP contribution in [0.1, 0.15) is 59.1 Å². The van der Waals surface area contributed by atoms with Crippen molar-refractivity contribution in [2.75, 3.05) is 16.8 Å². The molecule has 0 aromatic heterocycles. The van der Waals surface area contributed by atoms with Crippen LogP contribution in [0.25, 0.3) is 0 Å². The van der Waals surface area contributed by atoms with E-state index in [2.05, 4.69) is 52.9 Å². The fourth-order valence-corrected chi connectivity index (χ4v) is 3.94. The van der Waals surface area contributed by atoms with Crippen LogP contribution >= 0.6 is 0 Å². The van der Waals surface area contributed by atoms with Gasteiger partial charge in [-0.3, -0.25) is 9.59 Å². The van der Waals surface area contributed by atoms with Gasteiger partial charge in [0.2, 0.25) is 11.8 Å². The minimum Gasteiger partial charge on any atom is -0.326 e. The first-order valence-electron chi connectivity index (χ1n) is 10.3. The van der Waals surface area contributed by atoms with Gasteiger partial charge in [-0.2, -0.15) is 0 Å². The Balaban J connectivity index is 1.81. The predicted molar refractivity (Wildman–Crippen MR) is 119 cm³/mol. The highest BCUT2D eigenvalue weighted by Gasteiger charge is 2.37. The number of nitrogens with one attached hydrogen (secondary N) is 1. The van der Waals surface area contributed by atoms with Gasteiger partial charge in [-0.05, 0) is 34.1 Å². The van der Waals surface area contributed by atoms with Crippen molar-refractivity contribution in [1.29, 1.82) is 0 Å². The summed E-state index contributed by atoms with van der Waals surface area (Å²) < 4.78 is 0. The van der Waals surface area contributed by atoms with Crippen LogP contribution in [0.4, 0.5) is 11.4 Å². The second-order valence-electron chi connectivity index (χ2n) is 9.96. The molecule has 1 fully saturated rings. The predicted octanol–water partition coefficient (Wildman–Crippen LogP) is 5.27. The smallest absolute Gasteiger partial charge is 0.229 e. The van der Waals surface area contributed by atoms with Crippen molar-refractivity contribution in [2.45, 2.75) is 58.8 Å². The van der Waals surface area contributed by atoms with Crippen molar-refractivity contribution < 1.29 is 9.59 Å². The zero-order valence-corrected chi connectivity index (χ0v) is 18.4. The molecule has 154 valence electrons. The molecule has 1 saturated heterocycles. The van der Waals surface area contributed by atoms with Crippen molar-refractivity contribution in [3.63, 3.8) is 0 Å². The van der Waals surface area contributed by atoms with Crippen LogP contribution in [0.2, 0.25) is 0 Å². The largest absolute Gasteiger partial charge is 0.326 e. The third-order valence-electron chi connectivity index (χ3n) is 5.49. The Bertz CT molecular complexity index is 919. The maximum atomic E-state index is 13.0. The Morgan fingerprint density at radius 3 is 2.07 bits per heavy atom. The number of rotatable bonds is 3. The number of hydrogen-bond acceptors (Lipinski definition) is 2. The van der Waals surface area contributed by atoms with Crippen molar-refractivity contribution in [1.82, 2.24) is 0 Å². The fourth-order valence-electron chi connectivity index (χ4n) is 3.94. The molecule has 4 nitrogen and oxygen atoms in total. The van der Waals surface area contributed by atoms with E-state index in [4.69, 9.17) is 0 Å². The van der Waals surface area contributed by atoms with Crippen LogP contribution in [0.5, 0.6) is 0 Å². The molecule has 1 atom stereocenters. The van der Waals surface area contributed by atoms with Crippen molar-refractivity contribution in [3.8, 4) is 0 Å². The van der Waals surface area contributed by atoms with E-state index in [0.29, 0.717) is 6.54 Å². The number of carbonyl (C=O) groups is 2. The summed E-state index contributed by atoms with van der Waals surface area (Å²) in [5.74, 6) is -0.444. The molecular formula is C25H32N2O2. The van der Waals surface area contributed by atoms with Crippen LogP contribution in [0, 0.1) is 5.92 Å². The lowest BCUT2D eigenvalue weighted by atomic mass is 9.85. The summed E-state index contributed by atoms with van der Waals surface area (Å²) in [7, 11) is 0.